The quantitative estimate of drug-likeness (QED) is 0.724. The topological polar surface area (TPSA) is 116 Å². The third-order valence-corrected chi connectivity index (χ3v) is 2.56. The number of nitrogens with zero attached hydrogens (tertiary/aromatic N) is 1. The number of nitrogens with one attached hydrogen (secondary N) is 1. The van der Waals surface area contributed by atoms with Crippen LogP contribution in [0.2, 0.25) is 0 Å². The van der Waals surface area contributed by atoms with Crippen LogP contribution in [-0.2, 0) is 25.5 Å². The van der Waals surface area contributed by atoms with Gasteiger partial charge in [0, 0.05) is 13.3 Å². The Balaban J connectivity index is 2.65. The number of hydrogen-bond acceptors (Lipinski definition) is 5. The summed E-state index contributed by atoms with van der Waals surface area (Å²) in [4.78, 5) is 33.2. The molecule has 0 saturated heterocycles. The normalized spacial score (nSPS) is 11.0. The smallest absolute Gasteiger partial charge is 0.326 e. The van der Waals surface area contributed by atoms with Crippen LogP contribution in [0.15, 0.2) is 24.3 Å². The van der Waals surface area contributed by atoms with Crippen LogP contribution in [0.4, 0.5) is 0 Å². The minimum Gasteiger partial charge on any atom is -0.480 e. The fourth-order valence-corrected chi connectivity index (χ4v) is 1.55. The summed E-state index contributed by atoms with van der Waals surface area (Å²) in [6.07, 6.45) is 0.0624. The van der Waals surface area contributed by atoms with Crippen molar-refractivity contribution in [3.63, 3.8) is 0 Å². The zero-order chi connectivity index (χ0) is 15.8. The van der Waals surface area contributed by atoms with Gasteiger partial charge in [-0.15, -0.1) is 0 Å². The molecule has 0 fully saturated rings. The Morgan fingerprint density at radius 3 is 2.43 bits per heavy atom. The monoisotopic (exact) mass is 290 g/mol. The first-order valence-corrected chi connectivity index (χ1v) is 6.07. The summed E-state index contributed by atoms with van der Waals surface area (Å²) < 4.78 is 4.48. The summed E-state index contributed by atoms with van der Waals surface area (Å²) in [7, 11) is 0. The van der Waals surface area contributed by atoms with Crippen LogP contribution in [0, 0.1) is 11.3 Å². The Morgan fingerprint density at radius 1 is 1.33 bits per heavy atom. The van der Waals surface area contributed by atoms with Crippen LogP contribution in [0.1, 0.15) is 18.1 Å². The van der Waals surface area contributed by atoms with E-state index in [0.717, 1.165) is 6.92 Å². The first-order chi connectivity index (χ1) is 9.92. The van der Waals surface area contributed by atoms with Crippen molar-refractivity contribution in [1.82, 2.24) is 5.32 Å². The SMILES string of the molecule is CC(=O)OCC(=O)N[C@@H](Cc1ccc(C#N)cc1)C(=O)O. The van der Waals surface area contributed by atoms with E-state index in [1.807, 2.05) is 6.07 Å². The third-order valence-electron chi connectivity index (χ3n) is 2.56. The van der Waals surface area contributed by atoms with Gasteiger partial charge in [0.25, 0.3) is 5.91 Å². The third kappa shape index (κ3) is 5.74. The van der Waals surface area contributed by atoms with Crippen LogP contribution in [0.25, 0.3) is 0 Å². The van der Waals surface area contributed by atoms with Crippen molar-refractivity contribution in [3.8, 4) is 6.07 Å². The fourth-order valence-electron chi connectivity index (χ4n) is 1.55. The molecule has 1 amide bonds. The Kier molecular flexibility index (Phi) is 5.89. The van der Waals surface area contributed by atoms with Gasteiger partial charge in [0.1, 0.15) is 6.04 Å². The minimum absolute atomic E-state index is 0.0624. The molecule has 0 aromatic heterocycles. The summed E-state index contributed by atoms with van der Waals surface area (Å²) in [6.45, 7) is 0.630. The number of carbonyl (C=O) groups is 3. The van der Waals surface area contributed by atoms with Crippen molar-refractivity contribution in [2.24, 2.45) is 0 Å². The summed E-state index contributed by atoms with van der Waals surface area (Å²) in [5.74, 6) is -2.51. The average Bonchev–Trinajstić information content (AvgIpc) is 2.45. The van der Waals surface area contributed by atoms with Crippen molar-refractivity contribution < 1.29 is 24.2 Å². The number of amides is 1. The highest BCUT2D eigenvalue weighted by Crippen LogP contribution is 2.06. The molecule has 110 valence electrons. The second-order valence-electron chi connectivity index (χ2n) is 4.25. The van der Waals surface area contributed by atoms with Crippen molar-refractivity contribution in [3.05, 3.63) is 35.4 Å². The van der Waals surface area contributed by atoms with Crippen molar-refractivity contribution in [1.29, 1.82) is 5.26 Å². The van der Waals surface area contributed by atoms with E-state index in [0.29, 0.717) is 11.1 Å². The Hall–Kier alpha value is -2.88. The lowest BCUT2D eigenvalue weighted by atomic mass is 10.0. The molecule has 0 aliphatic heterocycles. The fraction of sp³-hybridized carbons (Fsp3) is 0.286. The van der Waals surface area contributed by atoms with Crippen LogP contribution in [0.5, 0.6) is 0 Å². The number of aliphatic carboxylic acids is 1. The number of benzene rings is 1. The highest BCUT2D eigenvalue weighted by atomic mass is 16.5. The maximum Gasteiger partial charge on any atom is 0.326 e. The van der Waals surface area contributed by atoms with Gasteiger partial charge in [-0.25, -0.2) is 4.79 Å². The molecule has 0 spiro atoms. The summed E-state index contributed by atoms with van der Waals surface area (Å²) in [5.41, 5.74) is 1.12. The molecular formula is C14H14N2O5. The van der Waals surface area contributed by atoms with Gasteiger partial charge in [-0.3, -0.25) is 9.59 Å². The molecule has 0 unspecified atom stereocenters. The van der Waals surface area contributed by atoms with Crippen LogP contribution >= 0.6 is 0 Å². The van der Waals surface area contributed by atoms with Gasteiger partial charge in [0.2, 0.25) is 0 Å². The molecule has 0 radical (unpaired) electrons. The molecule has 1 aromatic carbocycles. The van der Waals surface area contributed by atoms with Crippen LogP contribution in [-0.4, -0.2) is 35.6 Å². The Bertz CT molecular complexity index is 574. The van der Waals surface area contributed by atoms with Gasteiger partial charge < -0.3 is 15.2 Å². The molecule has 0 bridgehead atoms. The molecule has 1 aromatic rings. The maximum absolute atomic E-state index is 11.5. The van der Waals surface area contributed by atoms with E-state index in [-0.39, 0.29) is 6.42 Å². The number of rotatable bonds is 6. The highest BCUT2D eigenvalue weighted by Gasteiger charge is 2.20. The highest BCUT2D eigenvalue weighted by molar-refractivity contribution is 5.85. The molecule has 0 aliphatic rings. The Labute approximate surface area is 121 Å². The minimum atomic E-state index is -1.20. The predicted octanol–water partition coefficient (Wildman–Crippen LogP) is 0.233. The summed E-state index contributed by atoms with van der Waals surface area (Å²) >= 11 is 0. The number of carbonyl (C=O) groups excluding carboxylic acids is 2. The van der Waals surface area contributed by atoms with E-state index >= 15 is 0 Å². The van der Waals surface area contributed by atoms with Gasteiger partial charge in [-0.1, -0.05) is 12.1 Å². The molecule has 2 N–H and O–H groups in total. The zero-order valence-corrected chi connectivity index (χ0v) is 11.3. The van der Waals surface area contributed by atoms with E-state index < -0.39 is 30.5 Å². The second kappa shape index (κ2) is 7.65. The van der Waals surface area contributed by atoms with E-state index in [1.165, 1.54) is 0 Å². The largest absolute Gasteiger partial charge is 0.480 e. The number of ether oxygens (including phenoxy) is 1. The zero-order valence-electron chi connectivity index (χ0n) is 11.3. The van der Waals surface area contributed by atoms with Crippen molar-refractivity contribution in [2.45, 2.75) is 19.4 Å². The van der Waals surface area contributed by atoms with E-state index in [2.05, 4.69) is 10.1 Å². The molecular weight excluding hydrogens is 276 g/mol. The number of hydrogen-bond donors (Lipinski definition) is 2. The predicted molar refractivity (Wildman–Crippen MR) is 71.1 cm³/mol. The molecule has 7 nitrogen and oxygen atoms in total. The molecule has 1 rings (SSSR count). The first kappa shape index (κ1) is 16.2. The van der Waals surface area contributed by atoms with Crippen LogP contribution < -0.4 is 5.32 Å². The first-order valence-electron chi connectivity index (χ1n) is 6.07. The number of carboxylic acids is 1. The standard InChI is InChI=1S/C14H14N2O5/c1-9(17)21-8-13(18)16-12(14(19)20)6-10-2-4-11(7-15)5-3-10/h2-5,12H,6,8H2,1H3,(H,16,18)(H,19,20)/t12-/m0/s1. The van der Waals surface area contributed by atoms with Crippen molar-refractivity contribution >= 4 is 17.8 Å². The van der Waals surface area contributed by atoms with Gasteiger partial charge in [-0.2, -0.15) is 5.26 Å². The second-order valence-corrected chi connectivity index (χ2v) is 4.25. The Morgan fingerprint density at radius 2 is 1.95 bits per heavy atom. The van der Waals surface area contributed by atoms with Crippen molar-refractivity contribution in [2.75, 3.05) is 6.61 Å². The molecule has 7 heteroatoms. The van der Waals surface area contributed by atoms with E-state index in [9.17, 15) is 14.4 Å². The van der Waals surface area contributed by atoms with E-state index in [1.54, 1.807) is 24.3 Å². The molecule has 1 atom stereocenters. The number of esters is 1. The lowest BCUT2D eigenvalue weighted by Crippen LogP contribution is -2.44. The molecule has 21 heavy (non-hydrogen) atoms. The van der Waals surface area contributed by atoms with Gasteiger partial charge in [0.05, 0.1) is 11.6 Å². The molecule has 0 heterocycles. The summed E-state index contributed by atoms with van der Waals surface area (Å²) in [5, 5.41) is 20.0. The van der Waals surface area contributed by atoms with Gasteiger partial charge in [0.15, 0.2) is 6.61 Å². The number of carboxylic acid groups (broad SMARTS) is 1. The van der Waals surface area contributed by atoms with Gasteiger partial charge >= 0.3 is 11.9 Å². The lowest BCUT2D eigenvalue weighted by molar-refractivity contribution is -0.148. The average molecular weight is 290 g/mol. The molecule has 0 aliphatic carbocycles. The summed E-state index contributed by atoms with van der Waals surface area (Å²) in [6, 6.07) is 7.18. The van der Waals surface area contributed by atoms with Gasteiger partial charge in [-0.05, 0) is 17.7 Å². The number of nitriles is 1. The molecule has 0 saturated carbocycles. The lowest BCUT2D eigenvalue weighted by Gasteiger charge is -2.14. The maximum atomic E-state index is 11.5. The van der Waals surface area contributed by atoms with Crippen LogP contribution in [0.3, 0.4) is 0 Å². The van der Waals surface area contributed by atoms with E-state index in [4.69, 9.17) is 10.4 Å².